The Morgan fingerprint density at radius 1 is 0.818 bits per heavy atom. The summed E-state index contributed by atoms with van der Waals surface area (Å²) in [5, 5.41) is 0. The minimum Gasteiger partial charge on any atom is -0.0617 e. The van der Waals surface area contributed by atoms with Crippen molar-refractivity contribution in [3.63, 3.8) is 0 Å². The summed E-state index contributed by atoms with van der Waals surface area (Å²) >= 11 is 0. The van der Waals surface area contributed by atoms with Crippen LogP contribution in [0, 0.1) is 23.7 Å². The molecule has 1 radical (unpaired) electrons. The molecule has 0 nitrogen and oxygen atoms in total. The summed E-state index contributed by atoms with van der Waals surface area (Å²) in [6.07, 6.45) is 7.45. The molecule has 5 rings (SSSR count). The van der Waals surface area contributed by atoms with E-state index in [1.54, 1.807) is 16.7 Å². The first-order chi connectivity index (χ1) is 10.5. The summed E-state index contributed by atoms with van der Waals surface area (Å²) in [4.78, 5) is 0. The van der Waals surface area contributed by atoms with Crippen LogP contribution in [0.5, 0.6) is 0 Å². The second kappa shape index (κ2) is 5.39. The third-order valence-corrected chi connectivity index (χ3v) is 6.68. The second-order valence-electron chi connectivity index (χ2n) is 8.90. The Kier molecular flexibility index (Phi) is 3.62. The highest BCUT2D eigenvalue weighted by atomic mass is 14.5. The zero-order valence-corrected chi connectivity index (χ0v) is 14.7. The van der Waals surface area contributed by atoms with E-state index in [0.717, 1.165) is 23.7 Å². The summed E-state index contributed by atoms with van der Waals surface area (Å²) in [5.41, 5.74) is 5.03. The van der Waals surface area contributed by atoms with Crippen LogP contribution in [0.3, 0.4) is 0 Å². The summed E-state index contributed by atoms with van der Waals surface area (Å²) in [6, 6.07) is 7.13. The van der Waals surface area contributed by atoms with Crippen molar-refractivity contribution in [2.75, 3.05) is 0 Å². The quantitative estimate of drug-likeness (QED) is 0.602. The smallest absolute Gasteiger partial charge is 0.00654 e. The Bertz CT molecular complexity index is 497. The molecule has 1 aromatic rings. The van der Waals surface area contributed by atoms with Crippen molar-refractivity contribution in [1.29, 1.82) is 0 Å². The molecule has 0 spiro atoms. The lowest BCUT2D eigenvalue weighted by Crippen LogP contribution is -2.43. The molecule has 0 amide bonds. The van der Waals surface area contributed by atoms with Crippen molar-refractivity contribution in [3.05, 3.63) is 40.8 Å². The van der Waals surface area contributed by atoms with E-state index in [4.69, 9.17) is 0 Å². The third-order valence-electron chi connectivity index (χ3n) is 6.68. The predicted octanol–water partition coefficient (Wildman–Crippen LogP) is 6.43. The number of hydrogen-bond donors (Lipinski definition) is 0. The highest BCUT2D eigenvalue weighted by Crippen LogP contribution is 2.62. The molecule has 119 valence electrons. The van der Waals surface area contributed by atoms with Crippen molar-refractivity contribution >= 4 is 0 Å². The lowest BCUT2D eigenvalue weighted by Gasteiger charge is -2.55. The molecule has 4 aliphatic rings. The predicted molar refractivity (Wildman–Crippen MR) is 94.2 cm³/mol. The Hall–Kier alpha value is -0.780. The van der Waals surface area contributed by atoms with Crippen LogP contribution in [-0.2, 0) is 0 Å². The maximum absolute atomic E-state index is 2.41. The van der Waals surface area contributed by atoms with Gasteiger partial charge in [-0.25, -0.2) is 0 Å². The number of hydrogen-bond acceptors (Lipinski definition) is 0. The lowest BCUT2D eigenvalue weighted by molar-refractivity contribution is 0.0716. The molecular weight excluding hydrogens is 264 g/mol. The monoisotopic (exact) mass is 295 g/mol. The molecule has 22 heavy (non-hydrogen) atoms. The van der Waals surface area contributed by atoms with Gasteiger partial charge in [0.1, 0.15) is 0 Å². The fraction of sp³-hybridized carbons (Fsp3) is 0.682. The Balaban J connectivity index is 1.81. The molecule has 4 saturated carbocycles. The fourth-order valence-electron chi connectivity index (χ4n) is 6.04. The van der Waals surface area contributed by atoms with Gasteiger partial charge in [0.25, 0.3) is 0 Å². The highest BCUT2D eigenvalue weighted by Gasteiger charge is 2.49. The first-order valence-corrected chi connectivity index (χ1v) is 9.51. The third kappa shape index (κ3) is 2.25. The molecule has 1 aromatic carbocycles. The van der Waals surface area contributed by atoms with E-state index < -0.39 is 0 Å². The average Bonchev–Trinajstić information content (AvgIpc) is 2.45. The van der Waals surface area contributed by atoms with Crippen LogP contribution in [0.1, 0.15) is 94.2 Å². The number of rotatable bonds is 3. The summed E-state index contributed by atoms with van der Waals surface area (Å²) < 4.78 is 0. The fourth-order valence-corrected chi connectivity index (χ4v) is 6.04. The van der Waals surface area contributed by atoms with Crippen LogP contribution in [-0.4, -0.2) is 0 Å². The van der Waals surface area contributed by atoms with Gasteiger partial charge in [0.2, 0.25) is 0 Å². The van der Waals surface area contributed by atoms with Crippen molar-refractivity contribution in [2.45, 2.75) is 77.6 Å². The van der Waals surface area contributed by atoms with Gasteiger partial charge >= 0.3 is 0 Å². The molecule has 4 aliphatic carbocycles. The topological polar surface area (TPSA) is 0 Å². The van der Waals surface area contributed by atoms with Crippen molar-refractivity contribution < 1.29 is 0 Å². The van der Waals surface area contributed by atoms with E-state index >= 15 is 0 Å². The van der Waals surface area contributed by atoms with Gasteiger partial charge in [-0.05, 0) is 90.2 Å². The van der Waals surface area contributed by atoms with Gasteiger partial charge < -0.3 is 0 Å². The van der Waals surface area contributed by atoms with Crippen LogP contribution in [0.4, 0.5) is 0 Å². The maximum atomic E-state index is 2.41. The molecular formula is C22H31. The molecule has 0 saturated heterocycles. The molecule has 0 heteroatoms. The van der Waals surface area contributed by atoms with Gasteiger partial charge in [0.15, 0.2) is 0 Å². The Morgan fingerprint density at radius 2 is 1.36 bits per heavy atom. The molecule has 4 bridgehead atoms. The average molecular weight is 295 g/mol. The molecule has 3 unspecified atom stereocenters. The minimum absolute atomic E-state index is 0.645. The molecule has 3 atom stereocenters. The van der Waals surface area contributed by atoms with Crippen LogP contribution in [0.15, 0.2) is 18.2 Å². The van der Waals surface area contributed by atoms with Crippen molar-refractivity contribution in [3.8, 4) is 0 Å². The number of benzene rings is 1. The first kappa shape index (κ1) is 14.8. The SMILES string of the molecule is CC(C)c1cccc(C(C)C)c1C1[C]2CC3CC(C2)CC1C3. The van der Waals surface area contributed by atoms with Crippen LogP contribution < -0.4 is 0 Å². The van der Waals surface area contributed by atoms with Gasteiger partial charge in [-0.2, -0.15) is 0 Å². The van der Waals surface area contributed by atoms with Crippen LogP contribution in [0.2, 0.25) is 0 Å². The lowest BCUT2D eigenvalue weighted by atomic mass is 9.50. The van der Waals surface area contributed by atoms with Gasteiger partial charge in [0, 0.05) is 0 Å². The van der Waals surface area contributed by atoms with Crippen LogP contribution in [0.25, 0.3) is 0 Å². The second-order valence-corrected chi connectivity index (χ2v) is 8.90. The van der Waals surface area contributed by atoms with E-state index in [9.17, 15) is 0 Å². The summed E-state index contributed by atoms with van der Waals surface area (Å²) in [7, 11) is 0. The van der Waals surface area contributed by atoms with E-state index in [2.05, 4.69) is 45.9 Å². The van der Waals surface area contributed by atoms with Crippen molar-refractivity contribution in [1.82, 2.24) is 0 Å². The van der Waals surface area contributed by atoms with E-state index in [1.165, 1.54) is 32.1 Å². The highest BCUT2D eigenvalue weighted by molar-refractivity contribution is 5.46. The van der Waals surface area contributed by atoms with E-state index in [-0.39, 0.29) is 0 Å². The molecule has 0 aromatic heterocycles. The molecule has 0 heterocycles. The summed E-state index contributed by atoms with van der Waals surface area (Å²) in [5.74, 6) is 7.05. The molecule has 4 fully saturated rings. The van der Waals surface area contributed by atoms with Gasteiger partial charge in [-0.1, -0.05) is 45.9 Å². The zero-order chi connectivity index (χ0) is 15.4. The minimum atomic E-state index is 0.645. The van der Waals surface area contributed by atoms with Crippen LogP contribution >= 0.6 is 0 Å². The first-order valence-electron chi connectivity index (χ1n) is 9.51. The molecule has 0 N–H and O–H groups in total. The van der Waals surface area contributed by atoms with Gasteiger partial charge in [-0.15, -0.1) is 0 Å². The molecule has 0 aliphatic heterocycles. The largest absolute Gasteiger partial charge is 0.0617 e. The zero-order valence-electron chi connectivity index (χ0n) is 14.7. The Morgan fingerprint density at radius 3 is 1.82 bits per heavy atom. The maximum Gasteiger partial charge on any atom is -0.00654 e. The Labute approximate surface area is 136 Å². The van der Waals surface area contributed by atoms with E-state index in [0.29, 0.717) is 11.8 Å². The standard InChI is InChI=1S/C22H31/c1-13(2)19-6-5-7-20(14(3)4)22(19)21-17-9-15-8-16(11-17)12-18(21)10-15/h5-7,13-17,21H,8-12H2,1-4H3. The van der Waals surface area contributed by atoms with E-state index in [1.807, 2.05) is 5.92 Å². The van der Waals surface area contributed by atoms with Crippen molar-refractivity contribution in [2.24, 2.45) is 17.8 Å². The normalized spacial score (nSPS) is 34.1. The van der Waals surface area contributed by atoms with Gasteiger partial charge in [0.05, 0.1) is 0 Å². The van der Waals surface area contributed by atoms with Gasteiger partial charge in [-0.3, -0.25) is 0 Å². The summed E-state index contributed by atoms with van der Waals surface area (Å²) in [6.45, 7) is 9.51.